The number of benzene rings is 2. The molecule has 0 aromatic heterocycles. The minimum atomic E-state index is -0.222. The van der Waals surface area contributed by atoms with Crippen molar-refractivity contribution in [2.24, 2.45) is 0 Å². The monoisotopic (exact) mass is 356 g/mol. The molecule has 0 radical (unpaired) electrons. The maximum Gasteiger partial charge on any atom is 0.262 e. The summed E-state index contributed by atoms with van der Waals surface area (Å²) in [6, 6.07) is 13.1. The van der Waals surface area contributed by atoms with Crippen molar-refractivity contribution in [3.63, 3.8) is 0 Å². The second kappa shape index (κ2) is 8.47. The molecule has 3 rings (SSSR count). The van der Waals surface area contributed by atoms with Gasteiger partial charge in [0, 0.05) is 42.7 Å². The average molecular weight is 356 g/mol. The van der Waals surface area contributed by atoms with Gasteiger partial charge < -0.3 is 24.4 Å². The molecule has 2 aromatic rings. The van der Waals surface area contributed by atoms with Gasteiger partial charge in [-0.05, 0) is 37.1 Å². The molecular weight excluding hydrogens is 332 g/mol. The van der Waals surface area contributed by atoms with Crippen LogP contribution in [0.1, 0.15) is 12.8 Å². The second-order valence-electron chi connectivity index (χ2n) is 6.13. The Morgan fingerprint density at radius 3 is 2.12 bits per heavy atom. The third-order valence-electron chi connectivity index (χ3n) is 4.32. The number of amides is 1. The van der Waals surface area contributed by atoms with Gasteiger partial charge in [0.2, 0.25) is 0 Å². The fraction of sp³-hybridized carbons (Fsp3) is 0.350. The lowest BCUT2D eigenvalue weighted by Crippen LogP contribution is -2.20. The number of carbonyl (C=O) groups excluding carboxylic acids is 1. The molecule has 1 amide bonds. The van der Waals surface area contributed by atoms with Crippen LogP contribution in [0.2, 0.25) is 0 Å². The van der Waals surface area contributed by atoms with Gasteiger partial charge in [-0.25, -0.2) is 0 Å². The standard InChI is InChI=1S/C20H24N2O4/c1-24-17-11-18(25-2)13-19(12-17)26-14-20(23)21-15-5-7-16(8-6-15)22-9-3-4-10-22/h5-8,11-13H,3-4,9-10,14H2,1-2H3,(H,21,23). The number of hydrogen-bond donors (Lipinski definition) is 1. The first-order valence-corrected chi connectivity index (χ1v) is 8.68. The molecule has 1 N–H and O–H groups in total. The van der Waals surface area contributed by atoms with Crippen LogP contribution in [0.5, 0.6) is 17.2 Å². The van der Waals surface area contributed by atoms with Crippen LogP contribution in [0.25, 0.3) is 0 Å². The molecule has 1 fully saturated rings. The summed E-state index contributed by atoms with van der Waals surface area (Å²) in [5.41, 5.74) is 1.95. The van der Waals surface area contributed by atoms with E-state index in [4.69, 9.17) is 14.2 Å². The van der Waals surface area contributed by atoms with Crippen molar-refractivity contribution >= 4 is 17.3 Å². The quantitative estimate of drug-likeness (QED) is 0.825. The first-order valence-electron chi connectivity index (χ1n) is 8.68. The van der Waals surface area contributed by atoms with E-state index in [1.54, 1.807) is 32.4 Å². The summed E-state index contributed by atoms with van der Waals surface area (Å²) in [4.78, 5) is 14.5. The van der Waals surface area contributed by atoms with Crippen LogP contribution >= 0.6 is 0 Å². The van der Waals surface area contributed by atoms with Crippen LogP contribution in [0, 0.1) is 0 Å². The van der Waals surface area contributed by atoms with E-state index in [1.807, 2.05) is 24.3 Å². The van der Waals surface area contributed by atoms with Crippen LogP contribution < -0.4 is 24.4 Å². The van der Waals surface area contributed by atoms with Gasteiger partial charge in [-0.15, -0.1) is 0 Å². The molecule has 138 valence electrons. The van der Waals surface area contributed by atoms with Crippen molar-refractivity contribution in [1.29, 1.82) is 0 Å². The largest absolute Gasteiger partial charge is 0.496 e. The zero-order valence-electron chi connectivity index (χ0n) is 15.2. The summed E-state index contributed by atoms with van der Waals surface area (Å²) in [5, 5.41) is 2.84. The zero-order chi connectivity index (χ0) is 18.4. The van der Waals surface area contributed by atoms with E-state index in [0.29, 0.717) is 17.2 Å². The Morgan fingerprint density at radius 2 is 1.54 bits per heavy atom. The summed E-state index contributed by atoms with van der Waals surface area (Å²) in [6.07, 6.45) is 2.48. The van der Waals surface area contributed by atoms with E-state index in [9.17, 15) is 4.79 Å². The topological polar surface area (TPSA) is 60.0 Å². The molecule has 1 saturated heterocycles. The summed E-state index contributed by atoms with van der Waals surface area (Å²) in [7, 11) is 3.13. The third kappa shape index (κ3) is 4.59. The molecule has 0 bridgehead atoms. The first-order chi connectivity index (χ1) is 12.7. The number of rotatable bonds is 7. The van der Waals surface area contributed by atoms with Gasteiger partial charge in [-0.2, -0.15) is 0 Å². The summed E-state index contributed by atoms with van der Waals surface area (Å²) in [5.74, 6) is 1.51. The normalized spacial score (nSPS) is 13.4. The predicted molar refractivity (Wildman–Crippen MR) is 102 cm³/mol. The molecule has 26 heavy (non-hydrogen) atoms. The van der Waals surface area contributed by atoms with Gasteiger partial charge in [0.05, 0.1) is 14.2 Å². The molecule has 0 saturated carbocycles. The fourth-order valence-electron chi connectivity index (χ4n) is 2.94. The highest BCUT2D eigenvalue weighted by Gasteiger charge is 2.12. The number of ether oxygens (including phenoxy) is 3. The Morgan fingerprint density at radius 1 is 0.962 bits per heavy atom. The first kappa shape index (κ1) is 17.9. The van der Waals surface area contributed by atoms with Crippen molar-refractivity contribution in [1.82, 2.24) is 0 Å². The molecule has 0 unspecified atom stereocenters. The molecule has 0 spiro atoms. The minimum Gasteiger partial charge on any atom is -0.496 e. The van der Waals surface area contributed by atoms with Crippen molar-refractivity contribution in [2.75, 3.05) is 44.1 Å². The highest BCUT2D eigenvalue weighted by atomic mass is 16.5. The molecule has 6 nitrogen and oxygen atoms in total. The van der Waals surface area contributed by atoms with Crippen LogP contribution in [-0.4, -0.2) is 39.8 Å². The lowest BCUT2D eigenvalue weighted by molar-refractivity contribution is -0.118. The molecule has 0 atom stereocenters. The van der Waals surface area contributed by atoms with Crippen molar-refractivity contribution in [3.8, 4) is 17.2 Å². The SMILES string of the molecule is COc1cc(OC)cc(OCC(=O)Nc2ccc(N3CCCC3)cc2)c1. The third-order valence-corrected chi connectivity index (χ3v) is 4.32. The summed E-state index contributed by atoms with van der Waals surface area (Å²) < 4.78 is 15.9. The van der Waals surface area contributed by atoms with Gasteiger partial charge in [0.25, 0.3) is 5.91 Å². The van der Waals surface area contributed by atoms with E-state index in [2.05, 4.69) is 10.2 Å². The summed E-state index contributed by atoms with van der Waals surface area (Å²) >= 11 is 0. The molecule has 1 aliphatic heterocycles. The Balaban J connectivity index is 1.54. The molecule has 0 aliphatic carbocycles. The second-order valence-corrected chi connectivity index (χ2v) is 6.13. The van der Waals surface area contributed by atoms with E-state index in [1.165, 1.54) is 18.5 Å². The van der Waals surface area contributed by atoms with Crippen LogP contribution in [0.4, 0.5) is 11.4 Å². The van der Waals surface area contributed by atoms with E-state index < -0.39 is 0 Å². The Bertz CT molecular complexity index is 718. The molecule has 1 heterocycles. The number of methoxy groups -OCH3 is 2. The number of nitrogens with one attached hydrogen (secondary N) is 1. The van der Waals surface area contributed by atoms with E-state index >= 15 is 0 Å². The fourth-order valence-corrected chi connectivity index (χ4v) is 2.94. The smallest absolute Gasteiger partial charge is 0.262 e. The molecular formula is C20H24N2O4. The van der Waals surface area contributed by atoms with Gasteiger partial charge in [0.1, 0.15) is 17.2 Å². The van der Waals surface area contributed by atoms with Crippen molar-refractivity contribution in [3.05, 3.63) is 42.5 Å². The maximum atomic E-state index is 12.1. The van der Waals surface area contributed by atoms with Crippen LogP contribution in [0.3, 0.4) is 0 Å². The van der Waals surface area contributed by atoms with Gasteiger partial charge in [-0.1, -0.05) is 0 Å². The number of carbonyl (C=O) groups is 1. The van der Waals surface area contributed by atoms with Gasteiger partial charge in [-0.3, -0.25) is 4.79 Å². The van der Waals surface area contributed by atoms with Crippen LogP contribution in [0.15, 0.2) is 42.5 Å². The Kier molecular flexibility index (Phi) is 5.84. The number of anilines is 2. The maximum absolute atomic E-state index is 12.1. The highest BCUT2D eigenvalue weighted by molar-refractivity contribution is 5.92. The molecule has 1 aliphatic rings. The van der Waals surface area contributed by atoms with Crippen molar-refractivity contribution < 1.29 is 19.0 Å². The van der Waals surface area contributed by atoms with E-state index in [0.717, 1.165) is 18.8 Å². The molecule has 6 heteroatoms. The Hall–Kier alpha value is -2.89. The Labute approximate surface area is 153 Å². The van der Waals surface area contributed by atoms with Gasteiger partial charge >= 0.3 is 0 Å². The van der Waals surface area contributed by atoms with Crippen LogP contribution in [-0.2, 0) is 4.79 Å². The summed E-state index contributed by atoms with van der Waals surface area (Å²) in [6.45, 7) is 2.11. The lowest BCUT2D eigenvalue weighted by atomic mass is 10.2. The highest BCUT2D eigenvalue weighted by Crippen LogP contribution is 2.27. The van der Waals surface area contributed by atoms with E-state index in [-0.39, 0.29) is 12.5 Å². The minimum absolute atomic E-state index is 0.0931. The van der Waals surface area contributed by atoms with Gasteiger partial charge in [0.15, 0.2) is 6.61 Å². The zero-order valence-corrected chi connectivity index (χ0v) is 15.2. The predicted octanol–water partition coefficient (Wildman–Crippen LogP) is 3.32. The molecule has 2 aromatic carbocycles. The van der Waals surface area contributed by atoms with Crippen molar-refractivity contribution in [2.45, 2.75) is 12.8 Å². The number of hydrogen-bond acceptors (Lipinski definition) is 5. The lowest BCUT2D eigenvalue weighted by Gasteiger charge is -2.17. The average Bonchev–Trinajstić information content (AvgIpc) is 3.21. The number of nitrogens with zero attached hydrogens (tertiary/aromatic N) is 1.